The summed E-state index contributed by atoms with van der Waals surface area (Å²) in [5.41, 5.74) is 4.77. The van der Waals surface area contributed by atoms with Crippen LogP contribution in [-0.4, -0.2) is 12.1 Å². The topological polar surface area (TPSA) is 16.4 Å². The molecular formula is C20H21NO. The Labute approximate surface area is 130 Å². The molecule has 0 N–H and O–H groups in total. The van der Waals surface area contributed by atoms with Gasteiger partial charge in [0.15, 0.2) is 5.58 Å². The van der Waals surface area contributed by atoms with E-state index in [1.165, 1.54) is 41.3 Å². The number of benzene rings is 2. The third-order valence-electron chi connectivity index (χ3n) is 5.94. The second kappa shape index (κ2) is 4.28. The largest absolute Gasteiger partial charge is 0.454 e. The summed E-state index contributed by atoms with van der Waals surface area (Å²) in [5.74, 6) is 0.865. The van der Waals surface area contributed by atoms with Crippen molar-refractivity contribution >= 4 is 27.6 Å². The second-order valence-corrected chi connectivity index (χ2v) is 7.08. The van der Waals surface area contributed by atoms with Gasteiger partial charge in [-0.1, -0.05) is 30.3 Å². The Hall–Kier alpha value is -1.96. The summed E-state index contributed by atoms with van der Waals surface area (Å²) in [6, 6.07) is 14.2. The minimum atomic E-state index is 0.635. The van der Waals surface area contributed by atoms with E-state index in [9.17, 15) is 0 Å². The molecule has 22 heavy (non-hydrogen) atoms. The third-order valence-corrected chi connectivity index (χ3v) is 5.94. The van der Waals surface area contributed by atoms with Crippen LogP contribution in [0.5, 0.6) is 0 Å². The predicted octanol–water partition coefficient (Wildman–Crippen LogP) is 5.27. The average molecular weight is 291 g/mol. The first kappa shape index (κ1) is 12.6. The van der Waals surface area contributed by atoms with Crippen molar-refractivity contribution in [1.29, 1.82) is 0 Å². The summed E-state index contributed by atoms with van der Waals surface area (Å²) in [4.78, 5) is 2.66. The molecule has 0 amide bonds. The highest BCUT2D eigenvalue weighted by Crippen LogP contribution is 2.48. The van der Waals surface area contributed by atoms with Gasteiger partial charge in [-0.3, -0.25) is 0 Å². The minimum Gasteiger partial charge on any atom is -0.454 e. The molecule has 3 unspecified atom stereocenters. The minimum absolute atomic E-state index is 0.635. The Morgan fingerprint density at radius 2 is 1.91 bits per heavy atom. The molecule has 1 saturated heterocycles. The number of aryl methyl sites for hydroxylation is 1. The molecule has 2 heteroatoms. The van der Waals surface area contributed by atoms with Gasteiger partial charge >= 0.3 is 0 Å². The lowest BCUT2D eigenvalue weighted by Gasteiger charge is -2.36. The molecule has 0 spiro atoms. The lowest BCUT2D eigenvalue weighted by atomic mass is 9.98. The lowest BCUT2D eigenvalue weighted by molar-refractivity contribution is 0.453. The lowest BCUT2D eigenvalue weighted by Crippen LogP contribution is -2.39. The first-order valence-corrected chi connectivity index (χ1v) is 8.43. The fourth-order valence-electron chi connectivity index (χ4n) is 4.82. The number of fused-ring (bicyclic) bond motifs is 5. The number of rotatable bonds is 1. The molecule has 3 aromatic rings. The van der Waals surface area contributed by atoms with Crippen molar-refractivity contribution in [3.63, 3.8) is 0 Å². The maximum atomic E-state index is 6.29. The van der Waals surface area contributed by atoms with E-state index in [2.05, 4.69) is 55.1 Å². The number of furan rings is 1. The van der Waals surface area contributed by atoms with Crippen molar-refractivity contribution in [1.82, 2.24) is 0 Å². The van der Waals surface area contributed by atoms with Crippen LogP contribution in [0.2, 0.25) is 0 Å². The second-order valence-electron chi connectivity index (χ2n) is 7.08. The van der Waals surface area contributed by atoms with E-state index in [0.29, 0.717) is 12.1 Å². The quantitative estimate of drug-likeness (QED) is 0.607. The first-order valence-electron chi connectivity index (χ1n) is 8.43. The Kier molecular flexibility index (Phi) is 2.45. The molecule has 112 valence electrons. The summed E-state index contributed by atoms with van der Waals surface area (Å²) >= 11 is 0. The molecule has 5 rings (SSSR count). The number of nitrogens with zero attached hydrogens (tertiary/aromatic N) is 1. The smallest absolute Gasteiger partial charge is 0.158 e. The molecule has 1 saturated carbocycles. The maximum Gasteiger partial charge on any atom is 0.158 e. The zero-order chi connectivity index (χ0) is 14.8. The number of anilines is 1. The van der Waals surface area contributed by atoms with Crippen LogP contribution in [-0.2, 0) is 0 Å². The Morgan fingerprint density at radius 3 is 2.73 bits per heavy atom. The van der Waals surface area contributed by atoms with Crippen LogP contribution in [0.25, 0.3) is 21.9 Å². The van der Waals surface area contributed by atoms with E-state index in [0.717, 1.165) is 17.1 Å². The summed E-state index contributed by atoms with van der Waals surface area (Å²) in [5, 5.41) is 2.49. The maximum absolute atomic E-state index is 6.29. The van der Waals surface area contributed by atoms with Crippen molar-refractivity contribution < 1.29 is 4.42 Å². The van der Waals surface area contributed by atoms with Gasteiger partial charge in [-0.2, -0.15) is 0 Å². The van der Waals surface area contributed by atoms with Crippen molar-refractivity contribution in [2.75, 3.05) is 4.90 Å². The average Bonchev–Trinajstić information content (AvgIpc) is 3.20. The third kappa shape index (κ3) is 1.50. The van der Waals surface area contributed by atoms with Gasteiger partial charge in [0.1, 0.15) is 5.58 Å². The number of hydrogen-bond acceptors (Lipinski definition) is 2. The highest BCUT2D eigenvalue weighted by Gasteiger charge is 2.44. The number of para-hydroxylation sites is 1. The van der Waals surface area contributed by atoms with Crippen LogP contribution in [0.3, 0.4) is 0 Å². The van der Waals surface area contributed by atoms with Crippen LogP contribution < -0.4 is 4.90 Å². The van der Waals surface area contributed by atoms with Crippen molar-refractivity contribution in [3.05, 3.63) is 42.0 Å². The molecule has 1 aliphatic heterocycles. The molecule has 2 bridgehead atoms. The summed E-state index contributed by atoms with van der Waals surface area (Å²) in [6.45, 7) is 4.62. The normalized spacial score (nSPS) is 27.4. The predicted molar refractivity (Wildman–Crippen MR) is 91.5 cm³/mol. The highest BCUT2D eigenvalue weighted by atomic mass is 16.3. The van der Waals surface area contributed by atoms with Gasteiger partial charge in [0, 0.05) is 22.9 Å². The highest BCUT2D eigenvalue weighted by molar-refractivity contribution is 6.09. The molecule has 0 radical (unpaired) electrons. The van der Waals surface area contributed by atoms with E-state index in [4.69, 9.17) is 4.42 Å². The molecule has 2 aromatic carbocycles. The fraction of sp³-hybridized carbons (Fsp3) is 0.400. The molecule has 1 aliphatic carbocycles. The number of piperidine rings is 1. The van der Waals surface area contributed by atoms with E-state index < -0.39 is 0 Å². The van der Waals surface area contributed by atoms with Gasteiger partial charge < -0.3 is 9.32 Å². The van der Waals surface area contributed by atoms with Crippen molar-refractivity contribution in [2.45, 2.75) is 45.2 Å². The van der Waals surface area contributed by atoms with Gasteiger partial charge in [-0.25, -0.2) is 0 Å². The Morgan fingerprint density at radius 1 is 1.05 bits per heavy atom. The molecule has 3 atom stereocenters. The summed E-state index contributed by atoms with van der Waals surface area (Å²) < 4.78 is 6.29. The molecule has 2 heterocycles. The monoisotopic (exact) mass is 291 g/mol. The van der Waals surface area contributed by atoms with Gasteiger partial charge in [0.05, 0.1) is 5.69 Å². The molecular weight excluding hydrogens is 270 g/mol. The van der Waals surface area contributed by atoms with Crippen molar-refractivity contribution in [3.8, 4) is 0 Å². The molecule has 2 aliphatic rings. The van der Waals surface area contributed by atoms with E-state index >= 15 is 0 Å². The molecule has 2 nitrogen and oxygen atoms in total. The standard InChI is InChI=1S/C20H21NO/c1-12-7-10-17-16-5-3-4-6-18(16)22-20(17)19(12)21-13(2)14-8-9-15(21)11-14/h3-7,10,13-15H,8-9,11H2,1-2H3. The van der Waals surface area contributed by atoms with Crippen LogP contribution in [0.1, 0.15) is 31.7 Å². The zero-order valence-corrected chi connectivity index (χ0v) is 13.2. The molecule has 1 aromatic heterocycles. The summed E-state index contributed by atoms with van der Waals surface area (Å²) in [7, 11) is 0. The Bertz CT molecular complexity index is 876. The fourth-order valence-corrected chi connectivity index (χ4v) is 4.82. The van der Waals surface area contributed by atoms with Crippen LogP contribution in [0.15, 0.2) is 40.8 Å². The van der Waals surface area contributed by atoms with E-state index in [1.54, 1.807) is 0 Å². The van der Waals surface area contributed by atoms with Crippen LogP contribution in [0, 0.1) is 12.8 Å². The summed E-state index contributed by atoms with van der Waals surface area (Å²) in [6.07, 6.45) is 4.10. The van der Waals surface area contributed by atoms with Crippen LogP contribution >= 0.6 is 0 Å². The Balaban J connectivity index is 1.81. The van der Waals surface area contributed by atoms with E-state index in [1.807, 2.05) is 0 Å². The van der Waals surface area contributed by atoms with Crippen molar-refractivity contribution in [2.24, 2.45) is 5.92 Å². The SMILES string of the molecule is Cc1ccc2c(oc3ccccc32)c1N1C2CCC(C2)C1C. The van der Waals surface area contributed by atoms with Gasteiger partial charge in [-0.05, 0) is 50.7 Å². The van der Waals surface area contributed by atoms with E-state index in [-0.39, 0.29) is 0 Å². The van der Waals surface area contributed by atoms with Gasteiger partial charge in [-0.15, -0.1) is 0 Å². The molecule has 2 fully saturated rings. The van der Waals surface area contributed by atoms with Gasteiger partial charge in [0.2, 0.25) is 0 Å². The van der Waals surface area contributed by atoms with Crippen LogP contribution in [0.4, 0.5) is 5.69 Å². The zero-order valence-electron chi connectivity index (χ0n) is 13.2. The first-order chi connectivity index (χ1) is 10.7. The van der Waals surface area contributed by atoms with Gasteiger partial charge in [0.25, 0.3) is 0 Å². The number of hydrogen-bond donors (Lipinski definition) is 0.